The summed E-state index contributed by atoms with van der Waals surface area (Å²) in [6, 6.07) is 17.1. The van der Waals surface area contributed by atoms with Crippen LogP contribution in [0.1, 0.15) is 17.2 Å². The van der Waals surface area contributed by atoms with E-state index in [1.807, 2.05) is 0 Å². The predicted octanol–water partition coefficient (Wildman–Crippen LogP) is 3.13. The molecule has 29 heavy (non-hydrogen) atoms. The van der Waals surface area contributed by atoms with Crippen LogP contribution in [0.5, 0.6) is 11.5 Å². The van der Waals surface area contributed by atoms with Crippen molar-refractivity contribution >= 4 is 27.7 Å². The lowest BCUT2D eigenvalue weighted by Gasteiger charge is -2.22. The van der Waals surface area contributed by atoms with Crippen molar-refractivity contribution in [2.75, 3.05) is 7.11 Å². The average molecular weight is 389 g/mol. The van der Waals surface area contributed by atoms with Gasteiger partial charge < -0.3 is 23.8 Å². The van der Waals surface area contributed by atoms with Crippen LogP contribution >= 0.6 is 0 Å². The number of carbonyl (C=O) groups is 1. The molecule has 0 radical (unpaired) electrons. The van der Waals surface area contributed by atoms with Gasteiger partial charge in [0.2, 0.25) is 0 Å². The molecule has 0 fully saturated rings. The van der Waals surface area contributed by atoms with Crippen LogP contribution < -0.4 is 20.2 Å². The SMILES string of the molecule is COc1ccc2c(c1)c(=O)oc1c(C)c(O[C@@H](C(=O)[O-])c3ccccc3)ccc12. The van der Waals surface area contributed by atoms with Gasteiger partial charge in [-0.2, -0.15) is 0 Å². The molecular weight excluding hydrogens is 372 g/mol. The number of hydrogen-bond donors (Lipinski definition) is 0. The average Bonchev–Trinajstić information content (AvgIpc) is 2.74. The fraction of sp³-hybridized carbons (Fsp3) is 0.130. The monoisotopic (exact) mass is 389 g/mol. The molecule has 0 N–H and O–H groups in total. The van der Waals surface area contributed by atoms with Gasteiger partial charge in [-0.1, -0.05) is 30.3 Å². The third-order valence-electron chi connectivity index (χ3n) is 4.85. The zero-order valence-corrected chi connectivity index (χ0v) is 15.8. The van der Waals surface area contributed by atoms with E-state index in [1.165, 1.54) is 7.11 Å². The van der Waals surface area contributed by atoms with Crippen molar-refractivity contribution in [1.82, 2.24) is 0 Å². The van der Waals surface area contributed by atoms with Crippen LogP contribution in [0.25, 0.3) is 21.7 Å². The van der Waals surface area contributed by atoms with Crippen molar-refractivity contribution in [1.29, 1.82) is 0 Å². The van der Waals surface area contributed by atoms with Crippen LogP contribution in [0.2, 0.25) is 0 Å². The minimum Gasteiger partial charge on any atom is -0.546 e. The Morgan fingerprint density at radius 3 is 2.41 bits per heavy atom. The van der Waals surface area contributed by atoms with Crippen LogP contribution in [0.4, 0.5) is 0 Å². The number of methoxy groups -OCH3 is 1. The van der Waals surface area contributed by atoms with E-state index in [4.69, 9.17) is 13.9 Å². The summed E-state index contributed by atoms with van der Waals surface area (Å²) < 4.78 is 16.5. The molecule has 1 aromatic heterocycles. The summed E-state index contributed by atoms with van der Waals surface area (Å²) >= 11 is 0. The summed E-state index contributed by atoms with van der Waals surface area (Å²) in [6.07, 6.45) is -1.29. The van der Waals surface area contributed by atoms with Gasteiger partial charge in [-0.15, -0.1) is 0 Å². The number of fused-ring (bicyclic) bond motifs is 3. The molecule has 0 aliphatic heterocycles. The van der Waals surface area contributed by atoms with Crippen LogP contribution in [0, 0.1) is 6.92 Å². The van der Waals surface area contributed by atoms with Gasteiger partial charge in [0.1, 0.15) is 17.1 Å². The topological polar surface area (TPSA) is 88.8 Å². The summed E-state index contributed by atoms with van der Waals surface area (Å²) in [7, 11) is 1.53. The highest BCUT2D eigenvalue weighted by molar-refractivity contribution is 6.06. The van der Waals surface area contributed by atoms with Gasteiger partial charge in [0.25, 0.3) is 0 Å². The Labute approximate surface area is 165 Å². The molecule has 3 aromatic carbocycles. The lowest BCUT2D eigenvalue weighted by atomic mass is 10.0. The number of aliphatic carboxylic acids is 1. The zero-order chi connectivity index (χ0) is 20.5. The fourth-order valence-corrected chi connectivity index (χ4v) is 3.35. The van der Waals surface area contributed by atoms with Crippen molar-refractivity contribution in [3.8, 4) is 11.5 Å². The van der Waals surface area contributed by atoms with E-state index in [-0.39, 0.29) is 0 Å². The Kier molecular flexibility index (Phi) is 4.68. The minimum absolute atomic E-state index is 0.298. The summed E-state index contributed by atoms with van der Waals surface area (Å²) in [5.41, 5.74) is 0.819. The van der Waals surface area contributed by atoms with Gasteiger partial charge in [-0.25, -0.2) is 4.79 Å². The van der Waals surface area contributed by atoms with Gasteiger partial charge in [-0.05, 0) is 42.8 Å². The van der Waals surface area contributed by atoms with Gasteiger partial charge in [0.15, 0.2) is 6.10 Å². The molecule has 1 atom stereocenters. The van der Waals surface area contributed by atoms with E-state index in [0.717, 1.165) is 5.39 Å². The molecule has 4 aromatic rings. The highest BCUT2D eigenvalue weighted by Gasteiger charge is 2.18. The minimum atomic E-state index is -1.36. The van der Waals surface area contributed by atoms with Crippen molar-refractivity contribution in [2.24, 2.45) is 0 Å². The smallest absolute Gasteiger partial charge is 0.344 e. The van der Waals surface area contributed by atoms with Gasteiger partial charge in [-0.3, -0.25) is 0 Å². The number of hydrogen-bond acceptors (Lipinski definition) is 6. The van der Waals surface area contributed by atoms with Crippen LogP contribution in [0.15, 0.2) is 69.9 Å². The third kappa shape index (κ3) is 3.29. The number of carboxylic acid groups (broad SMARTS) is 1. The summed E-state index contributed by atoms with van der Waals surface area (Å²) in [5.74, 6) is -0.505. The van der Waals surface area contributed by atoms with Crippen LogP contribution in [-0.4, -0.2) is 13.1 Å². The Morgan fingerprint density at radius 2 is 1.72 bits per heavy atom. The van der Waals surface area contributed by atoms with Gasteiger partial charge >= 0.3 is 5.63 Å². The van der Waals surface area contributed by atoms with Gasteiger partial charge in [0, 0.05) is 16.3 Å². The Bertz CT molecular complexity index is 1270. The number of ether oxygens (including phenoxy) is 2. The second-order valence-corrected chi connectivity index (χ2v) is 6.59. The maximum absolute atomic E-state index is 12.5. The first-order chi connectivity index (χ1) is 14.0. The molecule has 0 spiro atoms. The number of aryl methyl sites for hydroxylation is 1. The maximum Gasteiger partial charge on any atom is 0.344 e. The molecule has 6 heteroatoms. The summed E-state index contributed by atoms with van der Waals surface area (Å²) in [6.45, 7) is 1.72. The van der Waals surface area contributed by atoms with E-state index in [9.17, 15) is 14.7 Å². The first kappa shape index (κ1) is 18.6. The lowest BCUT2D eigenvalue weighted by molar-refractivity contribution is -0.314. The molecular formula is C23H17O6-. The molecule has 1 heterocycles. The quantitative estimate of drug-likeness (QED) is 0.385. The van der Waals surface area contributed by atoms with Crippen LogP contribution in [-0.2, 0) is 4.79 Å². The lowest BCUT2D eigenvalue weighted by Crippen LogP contribution is -2.33. The molecule has 0 unspecified atom stereocenters. The zero-order valence-electron chi connectivity index (χ0n) is 15.8. The molecule has 146 valence electrons. The largest absolute Gasteiger partial charge is 0.546 e. The number of benzene rings is 3. The number of rotatable bonds is 5. The molecule has 0 bridgehead atoms. The molecule has 6 nitrogen and oxygen atoms in total. The standard InChI is InChI=1S/C23H18O6/c1-13-19(28-21(22(24)25)14-6-4-3-5-7-14)11-10-17-16-9-8-15(27-2)12-18(16)23(26)29-20(13)17/h3-12,21H,1-2H3,(H,24,25)/p-1/t21-/m1/s1. The van der Waals surface area contributed by atoms with E-state index >= 15 is 0 Å². The normalized spacial score (nSPS) is 12.1. The fourth-order valence-electron chi connectivity index (χ4n) is 3.35. The van der Waals surface area contributed by atoms with Crippen LogP contribution in [0.3, 0.4) is 0 Å². The van der Waals surface area contributed by atoms with E-state index < -0.39 is 17.7 Å². The summed E-state index contributed by atoms with van der Waals surface area (Å²) in [4.78, 5) is 24.2. The Morgan fingerprint density at radius 1 is 1.00 bits per heavy atom. The second kappa shape index (κ2) is 7.31. The third-order valence-corrected chi connectivity index (χ3v) is 4.85. The first-order valence-corrected chi connectivity index (χ1v) is 8.96. The highest BCUT2D eigenvalue weighted by atomic mass is 16.5. The first-order valence-electron chi connectivity index (χ1n) is 8.96. The number of carbonyl (C=O) groups excluding carboxylic acids is 1. The maximum atomic E-state index is 12.5. The van der Waals surface area contributed by atoms with Crippen molar-refractivity contribution in [2.45, 2.75) is 13.0 Å². The van der Waals surface area contributed by atoms with E-state index in [2.05, 4.69) is 0 Å². The molecule has 0 saturated heterocycles. The number of carboxylic acids is 1. The Balaban J connectivity index is 1.85. The Hall–Kier alpha value is -3.80. The second-order valence-electron chi connectivity index (χ2n) is 6.59. The van der Waals surface area contributed by atoms with Gasteiger partial charge in [0.05, 0.1) is 18.5 Å². The highest BCUT2D eigenvalue weighted by Crippen LogP contribution is 2.34. The predicted molar refractivity (Wildman–Crippen MR) is 106 cm³/mol. The molecule has 0 amide bonds. The molecule has 0 aliphatic rings. The van der Waals surface area contributed by atoms with Crippen molar-refractivity contribution in [3.05, 3.63) is 82.2 Å². The molecule has 4 rings (SSSR count). The molecule has 0 saturated carbocycles. The van der Waals surface area contributed by atoms with Crippen molar-refractivity contribution in [3.63, 3.8) is 0 Å². The summed E-state index contributed by atoms with van der Waals surface area (Å²) in [5, 5.41) is 13.5. The van der Waals surface area contributed by atoms with E-state index in [1.54, 1.807) is 67.6 Å². The van der Waals surface area contributed by atoms with Crippen molar-refractivity contribution < 1.29 is 23.8 Å². The van der Waals surface area contributed by atoms with E-state index in [0.29, 0.717) is 39.0 Å². The molecule has 0 aliphatic carbocycles.